The molecule has 1 saturated carbocycles. The quantitative estimate of drug-likeness (QED) is 0.794. The maximum atomic E-state index is 12.4. The summed E-state index contributed by atoms with van der Waals surface area (Å²) in [4.78, 5) is 0. The Kier molecular flexibility index (Phi) is 2.24. The zero-order chi connectivity index (χ0) is 11.3. The van der Waals surface area contributed by atoms with Crippen LogP contribution in [0.15, 0.2) is 18.2 Å². The molecule has 1 nitrogen and oxygen atoms in total. The van der Waals surface area contributed by atoms with Gasteiger partial charge in [-0.3, -0.25) is 0 Å². The lowest BCUT2D eigenvalue weighted by molar-refractivity contribution is -0.137. The molecule has 0 amide bonds. The molecule has 1 aromatic rings. The molecule has 0 bridgehead atoms. The van der Waals surface area contributed by atoms with Crippen molar-refractivity contribution >= 4 is 11.6 Å². The maximum Gasteiger partial charge on any atom is 0.416 e. The molecule has 1 aliphatic rings. The molecule has 1 aromatic carbocycles. The highest BCUT2D eigenvalue weighted by Gasteiger charge is 2.43. The molecule has 15 heavy (non-hydrogen) atoms. The second-order valence-electron chi connectivity index (χ2n) is 3.85. The molecule has 5 heteroatoms. The number of halogens is 4. The van der Waals surface area contributed by atoms with Gasteiger partial charge in [0.25, 0.3) is 0 Å². The molecule has 0 aromatic heterocycles. The summed E-state index contributed by atoms with van der Waals surface area (Å²) in [6.45, 7) is 0. The fourth-order valence-corrected chi connectivity index (χ4v) is 1.79. The van der Waals surface area contributed by atoms with Gasteiger partial charge in [-0.1, -0.05) is 11.6 Å². The van der Waals surface area contributed by atoms with E-state index in [2.05, 4.69) is 0 Å². The third-order valence-electron chi connectivity index (χ3n) is 2.62. The van der Waals surface area contributed by atoms with Crippen molar-refractivity contribution in [1.82, 2.24) is 0 Å². The first-order chi connectivity index (χ1) is 6.83. The smallest absolute Gasteiger partial charge is 0.321 e. The molecule has 0 radical (unpaired) electrons. The fraction of sp³-hybridized carbons (Fsp3) is 0.400. The van der Waals surface area contributed by atoms with Crippen LogP contribution in [-0.2, 0) is 11.7 Å². The molecular formula is C10H9ClF3N. The van der Waals surface area contributed by atoms with Gasteiger partial charge in [-0.15, -0.1) is 0 Å². The molecule has 2 N–H and O–H groups in total. The van der Waals surface area contributed by atoms with Crippen molar-refractivity contribution in [2.75, 3.05) is 0 Å². The zero-order valence-electron chi connectivity index (χ0n) is 7.74. The number of nitrogens with two attached hydrogens (primary N) is 1. The van der Waals surface area contributed by atoms with Gasteiger partial charge in [-0.05, 0) is 36.6 Å². The number of hydrogen-bond acceptors (Lipinski definition) is 1. The lowest BCUT2D eigenvalue weighted by atomic mass is 10.0. The van der Waals surface area contributed by atoms with Crippen molar-refractivity contribution in [2.24, 2.45) is 5.73 Å². The predicted octanol–water partition coefficient (Wildman–Crippen LogP) is 3.31. The summed E-state index contributed by atoms with van der Waals surface area (Å²) >= 11 is 5.82. The third-order valence-corrected chi connectivity index (χ3v) is 2.95. The van der Waals surface area contributed by atoms with Crippen LogP contribution in [0.2, 0.25) is 5.02 Å². The van der Waals surface area contributed by atoms with Gasteiger partial charge >= 0.3 is 6.18 Å². The van der Waals surface area contributed by atoms with Gasteiger partial charge in [0.1, 0.15) is 0 Å². The minimum Gasteiger partial charge on any atom is -0.321 e. The number of rotatable bonds is 1. The van der Waals surface area contributed by atoms with Crippen LogP contribution in [0.3, 0.4) is 0 Å². The maximum absolute atomic E-state index is 12.4. The second kappa shape index (κ2) is 3.12. The molecule has 2 rings (SSSR count). The lowest BCUT2D eigenvalue weighted by Crippen LogP contribution is -2.20. The first-order valence-electron chi connectivity index (χ1n) is 4.49. The third kappa shape index (κ3) is 1.96. The van der Waals surface area contributed by atoms with E-state index in [1.807, 2.05) is 0 Å². The van der Waals surface area contributed by atoms with E-state index >= 15 is 0 Å². The Morgan fingerprint density at radius 2 is 1.87 bits per heavy atom. The number of hydrogen-bond donors (Lipinski definition) is 1. The molecule has 0 spiro atoms. The van der Waals surface area contributed by atoms with Crippen molar-refractivity contribution in [1.29, 1.82) is 0 Å². The SMILES string of the molecule is NC1(c2cc(C(F)(F)F)ccc2Cl)CC1. The number of benzene rings is 1. The predicted molar refractivity (Wildman–Crippen MR) is 51.6 cm³/mol. The Bertz CT molecular complexity index is 396. The van der Waals surface area contributed by atoms with Crippen LogP contribution in [0.1, 0.15) is 24.0 Å². The standard InChI is InChI=1S/C10H9ClF3N/c11-8-2-1-6(10(12,13)14)5-7(8)9(15)3-4-9/h1-2,5H,3-4,15H2. The highest BCUT2D eigenvalue weighted by Crippen LogP contribution is 2.46. The van der Waals surface area contributed by atoms with E-state index in [-0.39, 0.29) is 0 Å². The Labute approximate surface area is 90.0 Å². The van der Waals surface area contributed by atoms with Gasteiger partial charge < -0.3 is 5.73 Å². The van der Waals surface area contributed by atoms with Gasteiger partial charge in [-0.25, -0.2) is 0 Å². The molecule has 1 aliphatic carbocycles. The Morgan fingerprint density at radius 1 is 1.27 bits per heavy atom. The van der Waals surface area contributed by atoms with E-state index in [1.54, 1.807) is 0 Å². The molecule has 0 atom stereocenters. The van der Waals surface area contributed by atoms with Crippen LogP contribution in [0.4, 0.5) is 13.2 Å². The summed E-state index contributed by atoms with van der Waals surface area (Å²) in [6.07, 6.45) is -2.97. The average molecular weight is 236 g/mol. The largest absolute Gasteiger partial charge is 0.416 e. The van der Waals surface area contributed by atoms with Gasteiger partial charge in [0, 0.05) is 10.6 Å². The second-order valence-corrected chi connectivity index (χ2v) is 4.26. The summed E-state index contributed by atoms with van der Waals surface area (Å²) in [5.74, 6) is 0. The van der Waals surface area contributed by atoms with Crippen LogP contribution in [0.5, 0.6) is 0 Å². The molecule has 0 saturated heterocycles. The van der Waals surface area contributed by atoms with Crippen LogP contribution >= 0.6 is 11.6 Å². The van der Waals surface area contributed by atoms with E-state index in [1.165, 1.54) is 6.07 Å². The Hall–Kier alpha value is -0.740. The average Bonchev–Trinajstić information content (AvgIpc) is 2.83. The summed E-state index contributed by atoms with van der Waals surface area (Å²) in [5, 5.41) is 0.308. The summed E-state index contributed by atoms with van der Waals surface area (Å²) in [6, 6.07) is 3.28. The highest BCUT2D eigenvalue weighted by atomic mass is 35.5. The minimum atomic E-state index is -4.34. The van der Waals surface area contributed by atoms with Crippen LogP contribution in [0, 0.1) is 0 Å². The van der Waals surface area contributed by atoms with E-state index in [0.717, 1.165) is 12.1 Å². The minimum absolute atomic E-state index is 0.308. The molecule has 0 unspecified atom stereocenters. The monoisotopic (exact) mass is 235 g/mol. The Morgan fingerprint density at radius 3 is 2.33 bits per heavy atom. The summed E-state index contributed by atoms with van der Waals surface area (Å²) in [7, 11) is 0. The lowest BCUT2D eigenvalue weighted by Gasteiger charge is -2.14. The molecule has 82 valence electrons. The number of alkyl halides is 3. The van der Waals surface area contributed by atoms with Gasteiger partial charge in [0.15, 0.2) is 0 Å². The molecule has 0 heterocycles. The van der Waals surface area contributed by atoms with Gasteiger partial charge in [-0.2, -0.15) is 13.2 Å². The molecular weight excluding hydrogens is 227 g/mol. The van der Waals surface area contributed by atoms with Crippen LogP contribution < -0.4 is 5.73 Å². The first-order valence-corrected chi connectivity index (χ1v) is 4.87. The topological polar surface area (TPSA) is 26.0 Å². The van der Waals surface area contributed by atoms with Gasteiger partial charge in [0.05, 0.1) is 5.56 Å². The molecule has 1 fully saturated rings. The molecule has 0 aliphatic heterocycles. The fourth-order valence-electron chi connectivity index (χ4n) is 1.49. The van der Waals surface area contributed by atoms with Crippen LogP contribution in [-0.4, -0.2) is 0 Å². The zero-order valence-corrected chi connectivity index (χ0v) is 8.49. The highest BCUT2D eigenvalue weighted by molar-refractivity contribution is 6.31. The summed E-state index contributed by atoms with van der Waals surface area (Å²) < 4.78 is 37.3. The van der Waals surface area contributed by atoms with E-state index < -0.39 is 17.3 Å². The van der Waals surface area contributed by atoms with Crippen LogP contribution in [0.25, 0.3) is 0 Å². The van der Waals surface area contributed by atoms with Crippen molar-refractivity contribution in [3.05, 3.63) is 34.3 Å². The first kappa shape index (κ1) is 10.8. The van der Waals surface area contributed by atoms with E-state index in [0.29, 0.717) is 23.4 Å². The van der Waals surface area contributed by atoms with Crippen molar-refractivity contribution in [3.8, 4) is 0 Å². The van der Waals surface area contributed by atoms with Gasteiger partial charge in [0.2, 0.25) is 0 Å². The Balaban J connectivity index is 2.47. The van der Waals surface area contributed by atoms with E-state index in [9.17, 15) is 13.2 Å². The van der Waals surface area contributed by atoms with Crippen molar-refractivity contribution in [3.63, 3.8) is 0 Å². The van der Waals surface area contributed by atoms with Crippen molar-refractivity contribution in [2.45, 2.75) is 24.6 Å². The summed E-state index contributed by atoms with van der Waals surface area (Å²) in [5.41, 5.74) is 4.89. The normalized spacial score (nSPS) is 19.0. The van der Waals surface area contributed by atoms with E-state index in [4.69, 9.17) is 17.3 Å². The van der Waals surface area contributed by atoms with Crippen molar-refractivity contribution < 1.29 is 13.2 Å².